The Balaban J connectivity index is 2.74. The van der Waals surface area contributed by atoms with E-state index in [0.717, 1.165) is 11.1 Å². The van der Waals surface area contributed by atoms with E-state index < -0.39 is 6.04 Å². The third-order valence-corrected chi connectivity index (χ3v) is 3.34. The van der Waals surface area contributed by atoms with Crippen molar-refractivity contribution in [1.29, 1.82) is 0 Å². The van der Waals surface area contributed by atoms with Crippen LogP contribution >= 0.6 is 0 Å². The summed E-state index contributed by atoms with van der Waals surface area (Å²) in [6.45, 7) is 6.81. The smallest absolute Gasteiger partial charge is 0.217 e. The number of benzene rings is 1. The maximum absolute atomic E-state index is 12.2. The Labute approximate surface area is 143 Å². The van der Waals surface area contributed by atoms with Gasteiger partial charge in [-0.15, -0.1) is 0 Å². The molecule has 0 aliphatic heterocycles. The zero-order valence-electron chi connectivity index (χ0n) is 14.6. The summed E-state index contributed by atoms with van der Waals surface area (Å²) >= 11 is 0. The molecule has 2 N–H and O–H groups in total. The summed E-state index contributed by atoms with van der Waals surface area (Å²) in [6, 6.07) is 7.00. The molecule has 1 rings (SSSR count). The maximum atomic E-state index is 12.2. The molecule has 0 saturated carbocycles. The number of amides is 2. The molecule has 128 valence electrons. The lowest BCUT2D eigenvalue weighted by Gasteiger charge is -2.18. The fraction of sp³-hybridized carbons (Fsp3) is 0.421. The highest BCUT2D eigenvalue weighted by Gasteiger charge is 2.22. The molecule has 0 radical (unpaired) electrons. The minimum absolute atomic E-state index is 0.0179. The van der Waals surface area contributed by atoms with Gasteiger partial charge in [0.1, 0.15) is 0 Å². The summed E-state index contributed by atoms with van der Waals surface area (Å²) in [6.07, 6.45) is 0.455. The van der Waals surface area contributed by atoms with Crippen molar-refractivity contribution in [3.8, 4) is 11.8 Å². The molecule has 0 saturated heterocycles. The summed E-state index contributed by atoms with van der Waals surface area (Å²) in [5, 5.41) is 5.32. The van der Waals surface area contributed by atoms with Crippen molar-refractivity contribution in [1.82, 2.24) is 10.6 Å². The lowest BCUT2D eigenvalue weighted by molar-refractivity contribution is -0.128. The third kappa shape index (κ3) is 7.10. The van der Waals surface area contributed by atoms with E-state index in [9.17, 15) is 14.4 Å². The average molecular weight is 328 g/mol. The number of carbonyl (C=O) groups excluding carboxylic acids is 3. The van der Waals surface area contributed by atoms with Crippen LogP contribution in [-0.4, -0.2) is 30.2 Å². The largest absolute Gasteiger partial charge is 0.346 e. The molecular formula is C19H24N2O3. The van der Waals surface area contributed by atoms with Gasteiger partial charge in [0.2, 0.25) is 11.8 Å². The quantitative estimate of drug-likeness (QED) is 0.776. The Morgan fingerprint density at radius 3 is 2.17 bits per heavy atom. The molecule has 2 amide bonds. The van der Waals surface area contributed by atoms with E-state index in [1.54, 1.807) is 0 Å². The average Bonchev–Trinajstić information content (AvgIpc) is 2.51. The molecule has 0 unspecified atom stereocenters. The number of nitrogens with one attached hydrogen (secondary N) is 2. The van der Waals surface area contributed by atoms with Gasteiger partial charge in [-0.05, 0) is 24.1 Å². The first kappa shape index (κ1) is 19.4. The van der Waals surface area contributed by atoms with E-state index >= 15 is 0 Å². The van der Waals surface area contributed by atoms with Gasteiger partial charge in [0.25, 0.3) is 0 Å². The van der Waals surface area contributed by atoms with Crippen molar-refractivity contribution >= 4 is 17.6 Å². The highest BCUT2D eigenvalue weighted by atomic mass is 16.2. The maximum Gasteiger partial charge on any atom is 0.217 e. The topological polar surface area (TPSA) is 75.3 Å². The van der Waals surface area contributed by atoms with Crippen molar-refractivity contribution in [2.45, 2.75) is 40.2 Å². The third-order valence-electron chi connectivity index (χ3n) is 3.34. The van der Waals surface area contributed by atoms with Crippen LogP contribution < -0.4 is 10.6 Å². The SMILES string of the molecule is CC(=O)NCC#Cc1ccc(C[C@H](NC(C)=O)C(=O)C(C)C)cc1. The fourth-order valence-electron chi connectivity index (χ4n) is 2.15. The van der Waals surface area contributed by atoms with Gasteiger partial charge in [-0.2, -0.15) is 0 Å². The summed E-state index contributed by atoms with van der Waals surface area (Å²) < 4.78 is 0. The molecule has 5 nitrogen and oxygen atoms in total. The minimum atomic E-state index is -0.515. The van der Waals surface area contributed by atoms with Gasteiger partial charge in [-0.1, -0.05) is 37.8 Å². The number of ketones is 1. The molecule has 0 aliphatic carbocycles. The van der Waals surface area contributed by atoms with Crippen LogP contribution in [0.25, 0.3) is 0 Å². The van der Waals surface area contributed by atoms with E-state index in [2.05, 4.69) is 22.5 Å². The second kappa shape index (κ2) is 9.51. The van der Waals surface area contributed by atoms with Gasteiger partial charge >= 0.3 is 0 Å². The Bertz CT molecular complexity index is 651. The van der Waals surface area contributed by atoms with Crippen molar-refractivity contribution in [3.63, 3.8) is 0 Å². The van der Waals surface area contributed by atoms with E-state index in [0.29, 0.717) is 13.0 Å². The van der Waals surface area contributed by atoms with Crippen LogP contribution in [0.2, 0.25) is 0 Å². The Morgan fingerprint density at radius 1 is 1.04 bits per heavy atom. The molecule has 1 aromatic carbocycles. The van der Waals surface area contributed by atoms with Gasteiger partial charge < -0.3 is 10.6 Å². The van der Waals surface area contributed by atoms with Gasteiger partial charge in [0, 0.05) is 25.3 Å². The molecule has 5 heteroatoms. The lowest BCUT2D eigenvalue weighted by atomic mass is 9.95. The van der Waals surface area contributed by atoms with Crippen LogP contribution in [0.5, 0.6) is 0 Å². The van der Waals surface area contributed by atoms with Gasteiger partial charge in [-0.3, -0.25) is 14.4 Å². The molecule has 0 aliphatic rings. The molecule has 0 bridgehead atoms. The van der Waals surface area contributed by atoms with Crippen LogP contribution in [0, 0.1) is 17.8 Å². The predicted molar refractivity (Wildman–Crippen MR) is 93.2 cm³/mol. The predicted octanol–water partition coefficient (Wildman–Crippen LogP) is 1.45. The first-order valence-corrected chi connectivity index (χ1v) is 7.92. The number of hydrogen-bond acceptors (Lipinski definition) is 3. The Kier molecular flexibility index (Phi) is 7.70. The number of carbonyl (C=O) groups is 3. The van der Waals surface area contributed by atoms with E-state index in [4.69, 9.17) is 0 Å². The lowest BCUT2D eigenvalue weighted by Crippen LogP contribution is -2.43. The van der Waals surface area contributed by atoms with Gasteiger partial charge in [0.15, 0.2) is 5.78 Å². The first-order chi connectivity index (χ1) is 11.3. The molecule has 24 heavy (non-hydrogen) atoms. The van der Waals surface area contributed by atoms with Crippen LogP contribution in [0.15, 0.2) is 24.3 Å². The zero-order valence-corrected chi connectivity index (χ0v) is 14.6. The van der Waals surface area contributed by atoms with Crippen LogP contribution in [0.3, 0.4) is 0 Å². The number of rotatable bonds is 6. The summed E-state index contributed by atoms with van der Waals surface area (Å²) in [5.74, 6) is 5.37. The molecule has 0 spiro atoms. The Hall–Kier alpha value is -2.61. The summed E-state index contributed by atoms with van der Waals surface area (Å²) in [7, 11) is 0. The highest BCUT2D eigenvalue weighted by Crippen LogP contribution is 2.10. The summed E-state index contributed by atoms with van der Waals surface area (Å²) in [4.78, 5) is 34.3. The van der Waals surface area contributed by atoms with Crippen LogP contribution in [0.4, 0.5) is 0 Å². The summed E-state index contributed by atoms with van der Waals surface area (Å²) in [5.41, 5.74) is 1.78. The second-order valence-corrected chi connectivity index (χ2v) is 5.92. The molecule has 0 aromatic heterocycles. The van der Waals surface area contributed by atoms with E-state index in [-0.39, 0.29) is 23.5 Å². The van der Waals surface area contributed by atoms with E-state index in [1.807, 2.05) is 38.1 Å². The second-order valence-electron chi connectivity index (χ2n) is 5.92. The molecule has 0 heterocycles. The molecule has 0 fully saturated rings. The van der Waals surface area contributed by atoms with Crippen LogP contribution in [-0.2, 0) is 20.8 Å². The molecule has 1 atom stereocenters. The van der Waals surface area contributed by atoms with Crippen LogP contribution in [0.1, 0.15) is 38.8 Å². The molecular weight excluding hydrogens is 304 g/mol. The van der Waals surface area contributed by atoms with Crippen molar-refractivity contribution in [2.24, 2.45) is 5.92 Å². The fourth-order valence-corrected chi connectivity index (χ4v) is 2.15. The Morgan fingerprint density at radius 2 is 1.67 bits per heavy atom. The molecule has 1 aromatic rings. The highest BCUT2D eigenvalue weighted by molar-refractivity contribution is 5.89. The van der Waals surface area contributed by atoms with Gasteiger partial charge in [0.05, 0.1) is 12.6 Å². The number of Topliss-reactive ketones (excluding diaryl/α,β-unsaturated/α-hetero) is 1. The van der Waals surface area contributed by atoms with Crippen molar-refractivity contribution < 1.29 is 14.4 Å². The van der Waals surface area contributed by atoms with E-state index in [1.165, 1.54) is 13.8 Å². The minimum Gasteiger partial charge on any atom is -0.346 e. The monoisotopic (exact) mass is 328 g/mol. The number of hydrogen-bond donors (Lipinski definition) is 2. The van der Waals surface area contributed by atoms with Crippen molar-refractivity contribution in [2.75, 3.05) is 6.54 Å². The zero-order chi connectivity index (χ0) is 18.1. The standard InChI is InChI=1S/C19H24N2O3/c1-13(2)19(24)18(21-15(4)23)12-17-9-7-16(8-10-17)6-5-11-20-14(3)22/h7-10,13,18H,11-12H2,1-4H3,(H,20,22)(H,21,23)/t18-/m0/s1. The normalized spacial score (nSPS) is 11.2. The van der Waals surface area contributed by atoms with Gasteiger partial charge in [-0.25, -0.2) is 0 Å². The first-order valence-electron chi connectivity index (χ1n) is 7.92. The van der Waals surface area contributed by atoms with Crippen molar-refractivity contribution in [3.05, 3.63) is 35.4 Å².